The Balaban J connectivity index is 2.23. The maximum atomic E-state index is 12.5. The molecule has 0 saturated carbocycles. The number of nitrogens with zero attached hydrogens (tertiary/aromatic N) is 2. The van der Waals surface area contributed by atoms with Crippen molar-refractivity contribution >= 4 is 11.6 Å². The van der Waals surface area contributed by atoms with Gasteiger partial charge in [0.25, 0.3) is 11.6 Å². The Labute approximate surface area is 117 Å². The van der Waals surface area contributed by atoms with E-state index in [9.17, 15) is 14.9 Å². The van der Waals surface area contributed by atoms with E-state index < -0.39 is 4.92 Å². The molecule has 0 aromatic heterocycles. The third-order valence-electron chi connectivity index (χ3n) is 3.63. The molecule has 1 heterocycles. The van der Waals surface area contributed by atoms with Crippen LogP contribution in [0, 0.1) is 23.0 Å². The van der Waals surface area contributed by atoms with Gasteiger partial charge in [-0.05, 0) is 30.9 Å². The number of likely N-dealkylation sites (tertiary alicyclic amines) is 1. The Morgan fingerprint density at radius 1 is 1.45 bits per heavy atom. The van der Waals surface area contributed by atoms with Gasteiger partial charge in [-0.15, -0.1) is 0 Å². The van der Waals surface area contributed by atoms with Crippen LogP contribution in [0.4, 0.5) is 5.69 Å². The number of amides is 1. The number of nitro groups is 1. The van der Waals surface area contributed by atoms with Crippen molar-refractivity contribution in [3.63, 3.8) is 0 Å². The first kappa shape index (κ1) is 14.5. The van der Waals surface area contributed by atoms with Crippen molar-refractivity contribution in [2.75, 3.05) is 13.1 Å². The van der Waals surface area contributed by atoms with Crippen LogP contribution in [0.25, 0.3) is 0 Å². The summed E-state index contributed by atoms with van der Waals surface area (Å²) >= 11 is 0. The summed E-state index contributed by atoms with van der Waals surface area (Å²) in [5, 5.41) is 10.7. The lowest BCUT2D eigenvalue weighted by Crippen LogP contribution is -2.48. The molecule has 6 heteroatoms. The topological polar surface area (TPSA) is 89.5 Å². The minimum absolute atomic E-state index is 0.000976. The molecule has 20 heavy (non-hydrogen) atoms. The largest absolute Gasteiger partial charge is 0.337 e. The lowest BCUT2D eigenvalue weighted by atomic mass is 9.95. The summed E-state index contributed by atoms with van der Waals surface area (Å²) in [4.78, 5) is 24.5. The van der Waals surface area contributed by atoms with E-state index in [0.29, 0.717) is 30.1 Å². The van der Waals surface area contributed by atoms with Gasteiger partial charge in [-0.3, -0.25) is 14.9 Å². The first-order chi connectivity index (χ1) is 9.38. The Kier molecular flexibility index (Phi) is 4.04. The average Bonchev–Trinajstić information content (AvgIpc) is 2.36. The van der Waals surface area contributed by atoms with Crippen LogP contribution in [0.1, 0.15) is 29.3 Å². The van der Waals surface area contributed by atoms with Crippen LogP contribution < -0.4 is 5.73 Å². The molecule has 6 nitrogen and oxygen atoms in total. The van der Waals surface area contributed by atoms with Gasteiger partial charge in [-0.2, -0.15) is 0 Å². The Morgan fingerprint density at radius 2 is 2.15 bits per heavy atom. The molecule has 0 aliphatic carbocycles. The summed E-state index contributed by atoms with van der Waals surface area (Å²) in [6, 6.07) is 4.33. The zero-order valence-electron chi connectivity index (χ0n) is 11.7. The van der Waals surface area contributed by atoms with Gasteiger partial charge in [-0.1, -0.05) is 6.92 Å². The van der Waals surface area contributed by atoms with Gasteiger partial charge in [-0.25, -0.2) is 0 Å². The molecule has 1 aromatic rings. The van der Waals surface area contributed by atoms with Crippen molar-refractivity contribution < 1.29 is 9.72 Å². The molecular formula is C14H19N3O3. The van der Waals surface area contributed by atoms with Crippen LogP contribution >= 0.6 is 0 Å². The number of rotatable bonds is 2. The number of non-ortho nitro benzene ring substituents is 1. The van der Waals surface area contributed by atoms with E-state index in [1.807, 2.05) is 0 Å². The van der Waals surface area contributed by atoms with Gasteiger partial charge >= 0.3 is 0 Å². The third-order valence-corrected chi connectivity index (χ3v) is 3.63. The van der Waals surface area contributed by atoms with Crippen molar-refractivity contribution in [2.45, 2.75) is 26.3 Å². The number of piperidine rings is 1. The molecule has 2 atom stereocenters. The summed E-state index contributed by atoms with van der Waals surface area (Å²) in [6.07, 6.45) is 0.920. The van der Waals surface area contributed by atoms with E-state index in [1.54, 1.807) is 11.8 Å². The normalized spacial score (nSPS) is 22.6. The number of hydrogen-bond acceptors (Lipinski definition) is 4. The van der Waals surface area contributed by atoms with Crippen molar-refractivity contribution in [1.29, 1.82) is 0 Å². The number of carbonyl (C=O) groups excluding carboxylic acids is 1. The molecule has 1 aliphatic heterocycles. The van der Waals surface area contributed by atoms with Crippen LogP contribution in [0.2, 0.25) is 0 Å². The van der Waals surface area contributed by atoms with Crippen molar-refractivity contribution in [2.24, 2.45) is 11.7 Å². The molecule has 2 rings (SSSR count). The number of nitrogens with two attached hydrogens (primary N) is 1. The van der Waals surface area contributed by atoms with Gasteiger partial charge in [0, 0.05) is 36.8 Å². The number of carbonyl (C=O) groups is 1. The fourth-order valence-electron chi connectivity index (χ4n) is 2.74. The van der Waals surface area contributed by atoms with E-state index >= 15 is 0 Å². The summed E-state index contributed by atoms with van der Waals surface area (Å²) in [7, 11) is 0. The van der Waals surface area contributed by atoms with E-state index in [4.69, 9.17) is 5.73 Å². The van der Waals surface area contributed by atoms with Gasteiger partial charge < -0.3 is 10.6 Å². The standard InChI is InChI=1S/C14H19N3O3/c1-9-5-11(15)8-16(7-9)14(18)13-4-3-12(17(19)20)6-10(13)2/h3-4,6,9,11H,5,7-8,15H2,1-2H3. The molecule has 0 spiro atoms. The highest BCUT2D eigenvalue weighted by Gasteiger charge is 2.27. The minimum atomic E-state index is -0.458. The Bertz CT molecular complexity index is 534. The van der Waals surface area contributed by atoms with Gasteiger partial charge in [0.05, 0.1) is 4.92 Å². The molecule has 108 valence electrons. The second kappa shape index (κ2) is 5.58. The van der Waals surface area contributed by atoms with Crippen LogP contribution in [0.5, 0.6) is 0 Å². The highest BCUT2D eigenvalue weighted by molar-refractivity contribution is 5.96. The van der Waals surface area contributed by atoms with E-state index in [2.05, 4.69) is 6.92 Å². The van der Waals surface area contributed by atoms with Gasteiger partial charge in [0.2, 0.25) is 0 Å². The fourth-order valence-corrected chi connectivity index (χ4v) is 2.74. The highest BCUT2D eigenvalue weighted by Crippen LogP contribution is 2.21. The predicted octanol–water partition coefficient (Wildman–Crippen LogP) is 1.71. The maximum absolute atomic E-state index is 12.5. The monoisotopic (exact) mass is 277 g/mol. The fraction of sp³-hybridized carbons (Fsp3) is 0.500. The molecule has 1 amide bonds. The van der Waals surface area contributed by atoms with Crippen molar-refractivity contribution in [3.8, 4) is 0 Å². The molecule has 1 aliphatic rings. The lowest BCUT2D eigenvalue weighted by molar-refractivity contribution is -0.384. The first-order valence-electron chi connectivity index (χ1n) is 6.68. The molecule has 2 N–H and O–H groups in total. The second-order valence-electron chi connectivity index (χ2n) is 5.57. The van der Waals surface area contributed by atoms with Crippen molar-refractivity contribution in [3.05, 3.63) is 39.4 Å². The average molecular weight is 277 g/mol. The number of hydrogen-bond donors (Lipinski definition) is 1. The molecule has 0 radical (unpaired) electrons. The molecule has 1 fully saturated rings. The number of nitro benzene ring substituents is 1. The SMILES string of the molecule is Cc1cc([N+](=O)[O-])ccc1C(=O)N1CC(C)CC(N)C1. The summed E-state index contributed by atoms with van der Waals surface area (Å²) in [5.74, 6) is 0.278. The number of benzene rings is 1. The Morgan fingerprint density at radius 3 is 2.70 bits per heavy atom. The lowest BCUT2D eigenvalue weighted by Gasteiger charge is -2.35. The van der Waals surface area contributed by atoms with Gasteiger partial charge in [0.1, 0.15) is 0 Å². The van der Waals surface area contributed by atoms with E-state index in [1.165, 1.54) is 18.2 Å². The predicted molar refractivity (Wildman–Crippen MR) is 75.5 cm³/mol. The minimum Gasteiger partial charge on any atom is -0.337 e. The van der Waals surface area contributed by atoms with Crippen LogP contribution in [-0.4, -0.2) is 34.9 Å². The van der Waals surface area contributed by atoms with Crippen LogP contribution in [0.15, 0.2) is 18.2 Å². The Hall–Kier alpha value is -1.95. The molecular weight excluding hydrogens is 258 g/mol. The molecule has 0 bridgehead atoms. The van der Waals surface area contributed by atoms with Crippen LogP contribution in [-0.2, 0) is 0 Å². The third kappa shape index (κ3) is 2.96. The number of aryl methyl sites for hydroxylation is 1. The summed E-state index contributed by atoms with van der Waals surface area (Å²) in [5.41, 5.74) is 7.08. The van der Waals surface area contributed by atoms with Crippen LogP contribution in [0.3, 0.4) is 0 Å². The highest BCUT2D eigenvalue weighted by atomic mass is 16.6. The summed E-state index contributed by atoms with van der Waals surface area (Å²) in [6.45, 7) is 5.01. The zero-order chi connectivity index (χ0) is 14.9. The smallest absolute Gasteiger partial charge is 0.269 e. The van der Waals surface area contributed by atoms with Gasteiger partial charge in [0.15, 0.2) is 0 Å². The molecule has 2 unspecified atom stereocenters. The van der Waals surface area contributed by atoms with Crippen molar-refractivity contribution in [1.82, 2.24) is 4.90 Å². The molecule has 1 aromatic carbocycles. The zero-order valence-corrected chi connectivity index (χ0v) is 11.7. The maximum Gasteiger partial charge on any atom is 0.269 e. The first-order valence-corrected chi connectivity index (χ1v) is 6.68. The quantitative estimate of drug-likeness (QED) is 0.658. The van der Waals surface area contributed by atoms with E-state index in [-0.39, 0.29) is 17.6 Å². The van der Waals surface area contributed by atoms with E-state index in [0.717, 1.165) is 6.42 Å². The summed E-state index contributed by atoms with van der Waals surface area (Å²) < 4.78 is 0. The molecule has 1 saturated heterocycles. The second-order valence-corrected chi connectivity index (χ2v) is 5.57.